The summed E-state index contributed by atoms with van der Waals surface area (Å²) < 4.78 is 39.8. The maximum absolute atomic E-state index is 13.2. The van der Waals surface area contributed by atoms with Crippen LogP contribution in [0.5, 0.6) is 0 Å². The molecule has 0 atom stereocenters. The summed E-state index contributed by atoms with van der Waals surface area (Å²) in [5, 5.41) is -0.246. The van der Waals surface area contributed by atoms with Crippen molar-refractivity contribution >= 4 is 33.0 Å². The number of nitrogens with zero attached hydrogens (tertiary/aromatic N) is 1. The molecule has 0 spiro atoms. The molecule has 106 valence electrons. The van der Waals surface area contributed by atoms with E-state index < -0.39 is 15.8 Å². The molecule has 20 heavy (non-hydrogen) atoms. The number of nitrogens with two attached hydrogens (primary N) is 1. The number of aryl methyl sites for hydroxylation is 1. The van der Waals surface area contributed by atoms with Crippen molar-refractivity contribution in [3.05, 3.63) is 47.0 Å². The van der Waals surface area contributed by atoms with Crippen molar-refractivity contribution < 1.29 is 12.8 Å². The van der Waals surface area contributed by atoms with Crippen LogP contribution in [0.15, 0.2) is 35.4 Å². The maximum atomic E-state index is 13.2. The molecule has 0 saturated carbocycles. The SMILES string of the molecule is Cc1ccc(NS(=O)(=O)c2cc(N)c(F)cc2Cl)cn1. The van der Waals surface area contributed by atoms with Crippen molar-refractivity contribution in [2.45, 2.75) is 11.8 Å². The summed E-state index contributed by atoms with van der Waals surface area (Å²) in [5.74, 6) is -0.772. The van der Waals surface area contributed by atoms with Gasteiger partial charge in [-0.1, -0.05) is 11.6 Å². The maximum Gasteiger partial charge on any atom is 0.263 e. The number of rotatable bonds is 3. The van der Waals surface area contributed by atoms with Crippen LogP contribution in [0.1, 0.15) is 5.69 Å². The third kappa shape index (κ3) is 3.00. The Balaban J connectivity index is 2.40. The Morgan fingerprint density at radius 1 is 1.35 bits per heavy atom. The molecular formula is C12H11ClFN3O2S. The van der Waals surface area contributed by atoms with Crippen molar-refractivity contribution in [3.8, 4) is 0 Å². The zero-order valence-electron chi connectivity index (χ0n) is 10.4. The minimum atomic E-state index is -3.96. The molecule has 0 radical (unpaired) electrons. The Morgan fingerprint density at radius 3 is 2.65 bits per heavy atom. The van der Waals surface area contributed by atoms with Gasteiger partial charge in [0, 0.05) is 5.69 Å². The predicted octanol–water partition coefficient (Wildman–Crippen LogP) is 2.57. The molecule has 0 aliphatic rings. The monoisotopic (exact) mass is 315 g/mol. The molecule has 2 rings (SSSR count). The molecule has 3 N–H and O–H groups in total. The van der Waals surface area contributed by atoms with E-state index in [4.69, 9.17) is 17.3 Å². The lowest BCUT2D eigenvalue weighted by Gasteiger charge is -2.10. The zero-order chi connectivity index (χ0) is 14.9. The van der Waals surface area contributed by atoms with Crippen molar-refractivity contribution in [1.82, 2.24) is 4.98 Å². The second-order valence-corrected chi connectivity index (χ2v) is 6.16. The lowest BCUT2D eigenvalue weighted by molar-refractivity contribution is 0.600. The molecule has 0 bridgehead atoms. The Kier molecular flexibility index (Phi) is 3.82. The number of nitrogens with one attached hydrogen (secondary N) is 1. The number of aromatic nitrogens is 1. The number of anilines is 2. The smallest absolute Gasteiger partial charge is 0.263 e. The highest BCUT2D eigenvalue weighted by Crippen LogP contribution is 2.27. The molecule has 1 heterocycles. The second-order valence-electron chi connectivity index (χ2n) is 4.10. The Labute approximate surface area is 120 Å². The van der Waals surface area contributed by atoms with Crippen LogP contribution >= 0.6 is 11.6 Å². The molecule has 0 aliphatic carbocycles. The Bertz CT molecular complexity index is 748. The first-order valence-corrected chi connectivity index (χ1v) is 7.36. The number of pyridine rings is 1. The van der Waals surface area contributed by atoms with E-state index in [1.54, 1.807) is 19.1 Å². The minimum absolute atomic E-state index is 0.246. The third-order valence-corrected chi connectivity index (χ3v) is 4.35. The molecule has 0 saturated heterocycles. The van der Waals surface area contributed by atoms with Crippen LogP contribution in [-0.2, 0) is 10.0 Å². The van der Waals surface area contributed by atoms with Gasteiger partial charge in [0.2, 0.25) is 0 Å². The highest BCUT2D eigenvalue weighted by molar-refractivity contribution is 7.92. The van der Waals surface area contributed by atoms with Crippen LogP contribution in [0.2, 0.25) is 5.02 Å². The third-order valence-electron chi connectivity index (χ3n) is 2.50. The Morgan fingerprint density at radius 2 is 2.05 bits per heavy atom. The molecular weight excluding hydrogens is 305 g/mol. The number of hydrogen-bond donors (Lipinski definition) is 2. The fourth-order valence-electron chi connectivity index (χ4n) is 1.49. The number of sulfonamides is 1. The topological polar surface area (TPSA) is 85.1 Å². The zero-order valence-corrected chi connectivity index (χ0v) is 12.0. The largest absolute Gasteiger partial charge is 0.396 e. The molecule has 0 unspecified atom stereocenters. The summed E-state index contributed by atoms with van der Waals surface area (Å²) in [6, 6.07) is 5.04. The van der Waals surface area contributed by atoms with E-state index in [1.807, 2.05) is 0 Å². The molecule has 0 fully saturated rings. The van der Waals surface area contributed by atoms with Gasteiger partial charge in [-0.25, -0.2) is 12.8 Å². The van der Waals surface area contributed by atoms with Crippen LogP contribution in [-0.4, -0.2) is 13.4 Å². The quantitative estimate of drug-likeness (QED) is 0.852. The molecule has 0 amide bonds. The van der Waals surface area contributed by atoms with Crippen LogP contribution < -0.4 is 10.5 Å². The normalized spacial score (nSPS) is 11.3. The van der Waals surface area contributed by atoms with E-state index in [9.17, 15) is 12.8 Å². The van der Waals surface area contributed by atoms with Gasteiger partial charge in [-0.15, -0.1) is 0 Å². The van der Waals surface area contributed by atoms with Gasteiger partial charge in [0.05, 0.1) is 22.6 Å². The molecule has 8 heteroatoms. The van der Waals surface area contributed by atoms with Gasteiger partial charge in [-0.2, -0.15) is 0 Å². The van der Waals surface area contributed by atoms with Gasteiger partial charge >= 0.3 is 0 Å². The van der Waals surface area contributed by atoms with E-state index in [0.29, 0.717) is 0 Å². The predicted molar refractivity (Wildman–Crippen MR) is 75.6 cm³/mol. The highest BCUT2D eigenvalue weighted by Gasteiger charge is 2.20. The van der Waals surface area contributed by atoms with Gasteiger partial charge in [0.15, 0.2) is 0 Å². The van der Waals surface area contributed by atoms with Gasteiger partial charge in [-0.05, 0) is 31.2 Å². The number of halogens is 2. The molecule has 1 aromatic carbocycles. The molecule has 1 aromatic heterocycles. The highest BCUT2D eigenvalue weighted by atomic mass is 35.5. The summed E-state index contributed by atoms with van der Waals surface area (Å²) in [5.41, 5.74) is 6.09. The van der Waals surface area contributed by atoms with Crippen LogP contribution in [0.25, 0.3) is 0 Å². The molecule has 5 nitrogen and oxygen atoms in total. The van der Waals surface area contributed by atoms with Gasteiger partial charge < -0.3 is 5.73 Å². The summed E-state index contributed by atoms with van der Waals surface area (Å²) in [6.45, 7) is 1.77. The Hall–Kier alpha value is -1.86. The van der Waals surface area contributed by atoms with E-state index >= 15 is 0 Å². The van der Waals surface area contributed by atoms with Gasteiger partial charge in [-0.3, -0.25) is 9.71 Å². The lowest BCUT2D eigenvalue weighted by Crippen LogP contribution is -2.14. The second kappa shape index (κ2) is 5.26. The first-order chi connectivity index (χ1) is 9.29. The summed E-state index contributed by atoms with van der Waals surface area (Å²) in [6.07, 6.45) is 1.37. The minimum Gasteiger partial charge on any atom is -0.396 e. The number of nitrogen functional groups attached to an aromatic ring is 1. The average molecular weight is 316 g/mol. The van der Waals surface area contributed by atoms with Crippen LogP contribution in [0, 0.1) is 12.7 Å². The molecule has 0 aliphatic heterocycles. The van der Waals surface area contributed by atoms with E-state index in [1.165, 1.54) is 6.20 Å². The number of hydrogen-bond acceptors (Lipinski definition) is 4. The number of benzene rings is 1. The van der Waals surface area contributed by atoms with Crippen molar-refractivity contribution in [2.24, 2.45) is 0 Å². The standard InChI is InChI=1S/C12H11ClFN3O2S/c1-7-2-3-8(6-16-7)17-20(18,19)12-5-11(15)10(14)4-9(12)13/h2-6,17H,15H2,1H3. The fraction of sp³-hybridized carbons (Fsp3) is 0.0833. The summed E-state index contributed by atoms with van der Waals surface area (Å²) in [7, 11) is -3.96. The van der Waals surface area contributed by atoms with E-state index in [0.717, 1.165) is 17.8 Å². The summed E-state index contributed by atoms with van der Waals surface area (Å²) in [4.78, 5) is 3.67. The van der Waals surface area contributed by atoms with E-state index in [-0.39, 0.29) is 21.3 Å². The van der Waals surface area contributed by atoms with Crippen LogP contribution in [0.3, 0.4) is 0 Å². The van der Waals surface area contributed by atoms with E-state index in [2.05, 4.69) is 9.71 Å². The van der Waals surface area contributed by atoms with Crippen molar-refractivity contribution in [2.75, 3.05) is 10.5 Å². The first kappa shape index (κ1) is 14.5. The van der Waals surface area contributed by atoms with Crippen molar-refractivity contribution in [1.29, 1.82) is 0 Å². The van der Waals surface area contributed by atoms with Crippen LogP contribution in [0.4, 0.5) is 15.8 Å². The first-order valence-electron chi connectivity index (χ1n) is 5.49. The fourth-order valence-corrected chi connectivity index (χ4v) is 3.08. The molecule has 2 aromatic rings. The van der Waals surface area contributed by atoms with Gasteiger partial charge in [0.25, 0.3) is 10.0 Å². The average Bonchev–Trinajstić information content (AvgIpc) is 2.36. The lowest BCUT2D eigenvalue weighted by atomic mass is 10.3. The summed E-state index contributed by atoms with van der Waals surface area (Å²) >= 11 is 5.75. The van der Waals surface area contributed by atoms with Gasteiger partial charge in [0.1, 0.15) is 10.7 Å². The van der Waals surface area contributed by atoms with Crippen molar-refractivity contribution in [3.63, 3.8) is 0 Å².